The lowest BCUT2D eigenvalue weighted by Crippen LogP contribution is -2.28. The minimum absolute atomic E-state index is 0.572. The molecule has 0 saturated heterocycles. The Bertz CT molecular complexity index is 6660. The molecule has 0 amide bonds. The second-order valence-electron chi connectivity index (χ2n) is 29.4. The highest BCUT2D eigenvalue weighted by molar-refractivity contribution is 6.06. The van der Waals surface area contributed by atoms with Crippen LogP contribution in [0, 0.1) is 0 Å². The van der Waals surface area contributed by atoms with Crippen molar-refractivity contribution < 1.29 is 0 Å². The van der Waals surface area contributed by atoms with Gasteiger partial charge in [-0.2, -0.15) is 0 Å². The minimum atomic E-state index is -0.572. The van der Waals surface area contributed by atoms with Crippen molar-refractivity contribution in [3.05, 3.63) is 483 Å². The predicted octanol–water partition coefficient (Wildman–Crippen LogP) is 30.3. The van der Waals surface area contributed by atoms with Crippen molar-refractivity contribution in [2.45, 2.75) is 5.41 Å². The van der Waals surface area contributed by atoms with Crippen LogP contribution in [0.2, 0.25) is 0 Å². The standard InChI is InChI=1S/C111H76N2/c1-5-27-77(28-6-1)83-33-17-35-85(71-83)79-59-65-95(66-60-79)112(98-47-21-41-91(75-98)101-51-23-32-82-31-13-14-49-100(82)101)96-67-61-80(62-68-96)87-37-19-38-88(73-87)89-39-20-40-90(74-89)102-52-24-55-105-103(53-25-54-104(102)105)92-42-22-48-99(76-92)113(97-69-63-81(64-70-97)86-36-18-34-84(72-86)78-29-7-2-8-30-78)109-58-26-57-108-110(109)106-50-15-16-56-107(106)111(108,93-43-9-3-10-44-93)94-45-11-4-12-46-94/h1-76H. The second kappa shape index (κ2) is 29.4. The number of hydrogen-bond donors (Lipinski definition) is 0. The van der Waals surface area contributed by atoms with Crippen molar-refractivity contribution in [1.29, 1.82) is 0 Å². The fourth-order valence-electron chi connectivity index (χ4n) is 17.6. The zero-order chi connectivity index (χ0) is 75.0. The molecule has 0 atom stereocenters. The van der Waals surface area contributed by atoms with Crippen LogP contribution in [0.15, 0.2) is 461 Å². The summed E-state index contributed by atoms with van der Waals surface area (Å²) in [4.78, 5) is 4.88. The predicted molar refractivity (Wildman–Crippen MR) is 477 cm³/mol. The molecule has 19 aromatic carbocycles. The monoisotopic (exact) mass is 1440 g/mol. The molecule has 2 nitrogen and oxygen atoms in total. The van der Waals surface area contributed by atoms with Gasteiger partial charge in [0.2, 0.25) is 0 Å². The highest BCUT2D eigenvalue weighted by atomic mass is 15.1. The molecule has 0 saturated carbocycles. The maximum absolute atomic E-state index is 2.50. The largest absolute Gasteiger partial charge is 0.310 e. The third-order valence-electron chi connectivity index (χ3n) is 22.9. The second-order valence-corrected chi connectivity index (χ2v) is 29.4. The summed E-state index contributed by atoms with van der Waals surface area (Å²) in [7, 11) is 0. The summed E-state index contributed by atoms with van der Waals surface area (Å²) < 4.78 is 0. The maximum Gasteiger partial charge on any atom is 0.0714 e. The number of fused-ring (bicyclic) bond motifs is 5. The van der Waals surface area contributed by atoms with Crippen LogP contribution in [0.4, 0.5) is 34.1 Å². The summed E-state index contributed by atoms with van der Waals surface area (Å²) in [5.74, 6) is 0. The number of anilines is 6. The van der Waals surface area contributed by atoms with Crippen LogP contribution in [0.25, 0.3) is 133 Å². The zero-order valence-corrected chi connectivity index (χ0v) is 62.3. The van der Waals surface area contributed by atoms with Gasteiger partial charge in [-0.25, -0.2) is 0 Å². The molecule has 0 heterocycles. The van der Waals surface area contributed by atoms with Gasteiger partial charge in [-0.3, -0.25) is 0 Å². The average molecular weight is 1440 g/mol. The third-order valence-corrected chi connectivity index (χ3v) is 22.9. The highest BCUT2D eigenvalue weighted by Gasteiger charge is 2.47. The van der Waals surface area contributed by atoms with Gasteiger partial charge in [0.25, 0.3) is 0 Å². The van der Waals surface area contributed by atoms with Crippen LogP contribution in [-0.4, -0.2) is 0 Å². The molecular formula is C111H76N2. The molecule has 0 unspecified atom stereocenters. The van der Waals surface area contributed by atoms with Gasteiger partial charge in [0, 0.05) is 34.0 Å². The van der Waals surface area contributed by atoms with Crippen LogP contribution in [0.5, 0.6) is 0 Å². The lowest BCUT2D eigenvalue weighted by atomic mass is 9.68. The van der Waals surface area contributed by atoms with Crippen molar-refractivity contribution in [2.24, 2.45) is 0 Å². The van der Waals surface area contributed by atoms with Crippen LogP contribution in [-0.2, 0) is 5.41 Å². The van der Waals surface area contributed by atoms with Crippen molar-refractivity contribution in [3.63, 3.8) is 0 Å². The number of nitrogens with zero attached hydrogens (tertiary/aromatic N) is 2. The van der Waals surface area contributed by atoms with E-state index >= 15 is 0 Å². The molecule has 530 valence electrons. The molecule has 0 bridgehead atoms. The fraction of sp³-hybridized carbons (Fsp3) is 0.00901. The average Bonchev–Trinajstić information content (AvgIpc) is 1.53. The lowest BCUT2D eigenvalue weighted by Gasteiger charge is -2.34. The van der Waals surface area contributed by atoms with E-state index in [1.165, 1.54) is 116 Å². The Hall–Kier alpha value is -14.7. The van der Waals surface area contributed by atoms with Crippen molar-refractivity contribution in [2.75, 3.05) is 9.80 Å². The molecule has 20 rings (SSSR count). The minimum Gasteiger partial charge on any atom is -0.310 e. The summed E-state index contributed by atoms with van der Waals surface area (Å²) in [5.41, 5.74) is 34.4. The van der Waals surface area contributed by atoms with E-state index in [1.54, 1.807) is 0 Å². The maximum atomic E-state index is 2.50. The summed E-state index contributed by atoms with van der Waals surface area (Å²) >= 11 is 0. The molecule has 1 aliphatic rings. The van der Waals surface area contributed by atoms with Crippen molar-refractivity contribution >= 4 is 55.7 Å². The molecular weight excluding hydrogens is 1360 g/mol. The van der Waals surface area contributed by atoms with Crippen LogP contribution in [0.3, 0.4) is 0 Å². The van der Waals surface area contributed by atoms with Crippen LogP contribution >= 0.6 is 0 Å². The molecule has 0 N–H and O–H groups in total. The van der Waals surface area contributed by atoms with E-state index in [0.29, 0.717) is 0 Å². The Morgan fingerprint density at radius 2 is 0.451 bits per heavy atom. The smallest absolute Gasteiger partial charge is 0.0714 e. The van der Waals surface area contributed by atoms with Gasteiger partial charge in [-0.15, -0.1) is 0 Å². The fourth-order valence-corrected chi connectivity index (χ4v) is 17.6. The van der Waals surface area contributed by atoms with Crippen molar-refractivity contribution in [3.8, 4) is 111 Å². The molecule has 113 heavy (non-hydrogen) atoms. The molecule has 19 aromatic rings. The van der Waals surface area contributed by atoms with Gasteiger partial charge in [-0.05, 0) is 240 Å². The summed E-state index contributed by atoms with van der Waals surface area (Å²) in [5, 5.41) is 4.84. The van der Waals surface area contributed by atoms with Gasteiger partial charge in [0.05, 0.1) is 11.1 Å². The molecule has 0 fully saturated rings. The van der Waals surface area contributed by atoms with E-state index in [-0.39, 0.29) is 0 Å². The summed E-state index contributed by atoms with van der Waals surface area (Å²) in [6, 6.07) is 170. The summed E-state index contributed by atoms with van der Waals surface area (Å²) in [6.45, 7) is 0. The van der Waals surface area contributed by atoms with Gasteiger partial charge < -0.3 is 9.80 Å². The van der Waals surface area contributed by atoms with Crippen LogP contribution < -0.4 is 9.80 Å². The first-order valence-electron chi connectivity index (χ1n) is 39.0. The van der Waals surface area contributed by atoms with Gasteiger partial charge in [0.15, 0.2) is 0 Å². The third kappa shape index (κ3) is 12.6. The van der Waals surface area contributed by atoms with E-state index in [0.717, 1.165) is 73.1 Å². The normalized spacial score (nSPS) is 12.0. The van der Waals surface area contributed by atoms with E-state index in [4.69, 9.17) is 0 Å². The number of hydrogen-bond acceptors (Lipinski definition) is 2. The first kappa shape index (κ1) is 67.6. The summed E-state index contributed by atoms with van der Waals surface area (Å²) in [6.07, 6.45) is 0. The quantitative estimate of drug-likeness (QED) is 0.0896. The van der Waals surface area contributed by atoms with E-state index in [9.17, 15) is 0 Å². The Morgan fingerprint density at radius 3 is 0.938 bits per heavy atom. The molecule has 2 heteroatoms. The van der Waals surface area contributed by atoms with Gasteiger partial charge >= 0.3 is 0 Å². The lowest BCUT2D eigenvalue weighted by molar-refractivity contribution is 0.768. The first-order valence-corrected chi connectivity index (χ1v) is 39.0. The Kier molecular flexibility index (Phi) is 17.6. The number of benzene rings is 19. The van der Waals surface area contributed by atoms with E-state index < -0.39 is 5.41 Å². The van der Waals surface area contributed by atoms with Gasteiger partial charge in [-0.1, -0.05) is 370 Å². The number of rotatable bonds is 17. The Morgan fingerprint density at radius 1 is 0.159 bits per heavy atom. The van der Waals surface area contributed by atoms with E-state index in [1.807, 2.05) is 0 Å². The van der Waals surface area contributed by atoms with Gasteiger partial charge in [0.1, 0.15) is 0 Å². The molecule has 0 radical (unpaired) electrons. The topological polar surface area (TPSA) is 6.48 Å². The molecule has 1 aliphatic carbocycles. The Labute approximate surface area is 661 Å². The zero-order valence-electron chi connectivity index (χ0n) is 62.3. The molecule has 0 aromatic heterocycles. The van der Waals surface area contributed by atoms with Crippen molar-refractivity contribution in [1.82, 2.24) is 0 Å². The Balaban J connectivity index is 0.639. The first-order chi connectivity index (χ1) is 56.0. The molecule has 0 spiro atoms. The van der Waals surface area contributed by atoms with Crippen LogP contribution in [0.1, 0.15) is 22.3 Å². The molecule has 0 aliphatic heterocycles. The van der Waals surface area contributed by atoms with E-state index in [2.05, 4.69) is 471 Å². The SMILES string of the molecule is c1ccc(-c2cccc(-c3ccc(N(c4ccc(-c5cccc(-c6cccc(-c7cccc8c(-c9cccc(N(c%10ccc(-c%11cccc(-c%12ccccc%12)c%11)cc%10)c%10cccc%11c%10-c%10ccccc%10C%11(c%10ccccc%10)c%10ccccc%10)c9)cccc78)c6)c5)cc4)c4cccc(-c5cccc6ccccc56)c4)cc3)c2)cc1. The highest BCUT2D eigenvalue weighted by Crippen LogP contribution is 2.60.